The van der Waals surface area contributed by atoms with Crippen molar-refractivity contribution in [1.82, 2.24) is 4.57 Å². The van der Waals surface area contributed by atoms with Gasteiger partial charge in [-0.2, -0.15) is 0 Å². The summed E-state index contributed by atoms with van der Waals surface area (Å²) < 4.78 is 36.1. The van der Waals surface area contributed by atoms with Crippen LogP contribution in [0.3, 0.4) is 0 Å². The molecular weight excluding hydrogens is 470 g/mol. The van der Waals surface area contributed by atoms with Crippen LogP contribution in [-0.4, -0.2) is 42.7 Å². The van der Waals surface area contributed by atoms with E-state index in [1.807, 2.05) is 30.3 Å². The van der Waals surface area contributed by atoms with E-state index in [1.165, 1.54) is 12.3 Å². The van der Waals surface area contributed by atoms with Gasteiger partial charge in [0, 0.05) is 35.7 Å². The average Bonchev–Trinajstić information content (AvgIpc) is 2.76. The molecular formula is C23H20ClNO7S. The van der Waals surface area contributed by atoms with Gasteiger partial charge in [-0.1, -0.05) is 41.9 Å². The van der Waals surface area contributed by atoms with Crippen molar-refractivity contribution in [1.29, 1.82) is 0 Å². The molecule has 1 aliphatic rings. The zero-order chi connectivity index (χ0) is 23.8. The van der Waals surface area contributed by atoms with E-state index in [0.717, 1.165) is 11.8 Å². The third-order valence-corrected chi connectivity index (χ3v) is 6.44. The van der Waals surface area contributed by atoms with Gasteiger partial charge in [0.15, 0.2) is 5.43 Å². The molecule has 0 amide bonds. The minimum atomic E-state index is -3.10. The molecule has 2 aromatic carbocycles. The van der Waals surface area contributed by atoms with Crippen LogP contribution in [-0.2, 0) is 9.84 Å². The lowest BCUT2D eigenvalue weighted by Crippen LogP contribution is -2.27. The number of carbonyl (C=O) groups is 1. The summed E-state index contributed by atoms with van der Waals surface area (Å²) in [5.74, 6) is -0.629. The van der Waals surface area contributed by atoms with Crippen LogP contribution < -0.4 is 14.9 Å². The number of aromatic nitrogens is 1. The second-order valence-corrected chi connectivity index (χ2v) is 10.3. The molecule has 0 saturated carbocycles. The highest BCUT2D eigenvalue weighted by molar-refractivity contribution is 7.90. The van der Waals surface area contributed by atoms with Crippen LogP contribution in [0.5, 0.6) is 11.5 Å². The van der Waals surface area contributed by atoms with E-state index in [4.69, 9.17) is 21.1 Å². The number of carboxylic acids is 1. The zero-order valence-electron chi connectivity index (χ0n) is 17.5. The number of sulfone groups is 1. The molecule has 33 heavy (non-hydrogen) atoms. The first-order valence-electron chi connectivity index (χ1n) is 9.99. The van der Waals surface area contributed by atoms with Gasteiger partial charge in [0.2, 0.25) is 6.23 Å². The third-order valence-electron chi connectivity index (χ3n) is 5.11. The standard InChI is InChI=1S/C23H20ClNO7S/c1-33(29,30)9-5-8-31-21-12-20-15(10-17(21)24)18-11-19(26)16(23(27)28)13-25(18)22(32-20)14-6-3-2-4-7-14/h2-4,6-7,10-13,22H,5,8-9H2,1H3,(H,27,28). The van der Waals surface area contributed by atoms with Gasteiger partial charge >= 0.3 is 5.97 Å². The summed E-state index contributed by atoms with van der Waals surface area (Å²) in [6, 6.07) is 13.6. The third kappa shape index (κ3) is 4.89. The first kappa shape index (κ1) is 22.9. The molecule has 10 heteroatoms. The molecule has 1 unspecified atom stereocenters. The topological polar surface area (TPSA) is 112 Å². The molecule has 3 aromatic rings. The van der Waals surface area contributed by atoms with Crippen molar-refractivity contribution in [3.8, 4) is 22.8 Å². The molecule has 0 fully saturated rings. The highest BCUT2D eigenvalue weighted by atomic mass is 35.5. The second kappa shape index (κ2) is 8.92. The van der Waals surface area contributed by atoms with Crippen molar-refractivity contribution in [3.63, 3.8) is 0 Å². The molecule has 4 rings (SSSR count). The summed E-state index contributed by atoms with van der Waals surface area (Å²) in [6.07, 6.45) is 2.00. The fraction of sp³-hybridized carbons (Fsp3) is 0.217. The van der Waals surface area contributed by atoms with Gasteiger partial charge in [-0.05, 0) is 12.5 Å². The molecule has 0 spiro atoms. The molecule has 0 radical (unpaired) electrons. The van der Waals surface area contributed by atoms with E-state index in [9.17, 15) is 23.1 Å². The van der Waals surface area contributed by atoms with E-state index in [1.54, 1.807) is 16.7 Å². The van der Waals surface area contributed by atoms with Gasteiger partial charge in [-0.15, -0.1) is 0 Å². The van der Waals surface area contributed by atoms with Crippen LogP contribution in [0.4, 0.5) is 0 Å². The SMILES string of the molecule is CS(=O)(=O)CCCOc1cc2c(cc1Cl)-c1cc(=O)c(C(=O)O)cn1C(c1ccccc1)O2. The Kier molecular flexibility index (Phi) is 6.18. The number of hydrogen-bond donors (Lipinski definition) is 1. The van der Waals surface area contributed by atoms with E-state index in [2.05, 4.69) is 0 Å². The number of rotatable bonds is 7. The first-order valence-corrected chi connectivity index (χ1v) is 12.4. The van der Waals surface area contributed by atoms with E-state index >= 15 is 0 Å². The first-order chi connectivity index (χ1) is 15.6. The van der Waals surface area contributed by atoms with Gasteiger partial charge in [0.05, 0.1) is 23.1 Å². The number of pyridine rings is 1. The molecule has 0 aliphatic carbocycles. The number of halogens is 1. The number of carboxylic acid groups (broad SMARTS) is 1. The summed E-state index contributed by atoms with van der Waals surface area (Å²) in [5.41, 5.74) is 0.694. The fourth-order valence-electron chi connectivity index (χ4n) is 3.59. The summed E-state index contributed by atoms with van der Waals surface area (Å²) in [4.78, 5) is 24.0. The summed E-state index contributed by atoms with van der Waals surface area (Å²) in [7, 11) is -3.10. The lowest BCUT2D eigenvalue weighted by atomic mass is 10.0. The van der Waals surface area contributed by atoms with Crippen molar-refractivity contribution in [2.45, 2.75) is 12.6 Å². The predicted octanol–water partition coefficient (Wildman–Crippen LogP) is 3.62. The van der Waals surface area contributed by atoms with Gasteiger partial charge in [0.25, 0.3) is 0 Å². The molecule has 172 valence electrons. The summed E-state index contributed by atoms with van der Waals surface area (Å²) in [6.45, 7) is 0.145. The fourth-order valence-corrected chi connectivity index (χ4v) is 4.45. The smallest absolute Gasteiger partial charge is 0.341 e. The molecule has 2 heterocycles. The molecule has 1 atom stereocenters. The maximum absolute atomic E-state index is 12.5. The van der Waals surface area contributed by atoms with Gasteiger partial charge in [0.1, 0.15) is 26.9 Å². The van der Waals surface area contributed by atoms with Crippen LogP contribution in [0.25, 0.3) is 11.3 Å². The van der Waals surface area contributed by atoms with Crippen LogP contribution >= 0.6 is 11.6 Å². The van der Waals surface area contributed by atoms with Gasteiger partial charge < -0.3 is 19.1 Å². The number of benzene rings is 2. The van der Waals surface area contributed by atoms with Crippen molar-refractivity contribution in [3.05, 3.63) is 81.1 Å². The number of nitrogens with zero attached hydrogens (tertiary/aromatic N) is 1. The highest BCUT2D eigenvalue weighted by Crippen LogP contribution is 2.44. The Labute approximate surface area is 194 Å². The normalized spacial score (nSPS) is 14.7. The Morgan fingerprint density at radius 2 is 1.94 bits per heavy atom. The van der Waals surface area contributed by atoms with Crippen LogP contribution in [0, 0.1) is 0 Å². The van der Waals surface area contributed by atoms with Crippen molar-refractivity contribution >= 4 is 27.4 Å². The number of ether oxygens (including phenoxy) is 2. The van der Waals surface area contributed by atoms with E-state index in [0.29, 0.717) is 29.2 Å². The maximum atomic E-state index is 12.5. The molecule has 1 N–H and O–H groups in total. The monoisotopic (exact) mass is 489 g/mol. The zero-order valence-corrected chi connectivity index (χ0v) is 19.1. The highest BCUT2D eigenvalue weighted by Gasteiger charge is 2.29. The molecule has 0 saturated heterocycles. The summed E-state index contributed by atoms with van der Waals surface area (Å²) in [5, 5.41) is 9.67. The molecule has 0 bridgehead atoms. The molecule has 8 nitrogen and oxygen atoms in total. The quantitative estimate of drug-likeness (QED) is 0.504. The van der Waals surface area contributed by atoms with Crippen molar-refractivity contribution in [2.24, 2.45) is 0 Å². The van der Waals surface area contributed by atoms with Gasteiger partial charge in [-0.25, -0.2) is 13.2 Å². The minimum Gasteiger partial charge on any atom is -0.492 e. The van der Waals surface area contributed by atoms with Crippen LogP contribution in [0.1, 0.15) is 28.6 Å². The minimum absolute atomic E-state index is 0.00958. The summed E-state index contributed by atoms with van der Waals surface area (Å²) >= 11 is 6.39. The van der Waals surface area contributed by atoms with E-state index < -0.39 is 27.5 Å². The van der Waals surface area contributed by atoms with Gasteiger partial charge in [-0.3, -0.25) is 4.79 Å². The Balaban J connectivity index is 1.77. The van der Waals surface area contributed by atoms with Crippen molar-refractivity contribution < 1.29 is 27.8 Å². The Bertz CT molecular complexity index is 1380. The Morgan fingerprint density at radius 3 is 2.61 bits per heavy atom. The number of aromatic carboxylic acids is 1. The van der Waals surface area contributed by atoms with Crippen LogP contribution in [0.2, 0.25) is 5.02 Å². The molecule has 1 aromatic heterocycles. The van der Waals surface area contributed by atoms with E-state index in [-0.39, 0.29) is 22.9 Å². The van der Waals surface area contributed by atoms with Crippen molar-refractivity contribution in [2.75, 3.05) is 18.6 Å². The largest absolute Gasteiger partial charge is 0.492 e. The Hall–Kier alpha value is -3.30. The Morgan fingerprint density at radius 1 is 1.21 bits per heavy atom. The number of hydrogen-bond acceptors (Lipinski definition) is 6. The second-order valence-electron chi connectivity index (χ2n) is 7.64. The molecule has 1 aliphatic heterocycles. The number of fused-ring (bicyclic) bond motifs is 3. The predicted molar refractivity (Wildman–Crippen MR) is 123 cm³/mol. The maximum Gasteiger partial charge on any atom is 0.341 e. The van der Waals surface area contributed by atoms with Crippen LogP contribution in [0.15, 0.2) is 59.5 Å². The lowest BCUT2D eigenvalue weighted by molar-refractivity contribution is 0.0693. The lowest BCUT2D eigenvalue weighted by Gasteiger charge is -2.32. The average molecular weight is 490 g/mol.